The Morgan fingerprint density at radius 3 is 2.41 bits per heavy atom. The van der Waals surface area contributed by atoms with Crippen molar-refractivity contribution >= 4 is 22.6 Å². The second-order valence-corrected chi connectivity index (χ2v) is 9.68. The number of ether oxygens (including phenoxy) is 5. The Morgan fingerprint density at radius 2 is 1.78 bits per heavy atom. The number of hydrogen-bond acceptors (Lipinski definition) is 14. The molecular weight excluding hydrogens is 512 g/mol. The maximum absolute atomic E-state index is 11.8. The van der Waals surface area contributed by atoms with E-state index < -0.39 is 42.9 Å². The summed E-state index contributed by atoms with van der Waals surface area (Å²) in [6.07, 6.45) is -5.12. The quantitative estimate of drug-likeness (QED) is 0.176. The van der Waals surface area contributed by atoms with Crippen molar-refractivity contribution in [2.24, 2.45) is 4.99 Å². The molecule has 0 saturated carbocycles. The normalized spacial score (nSPS) is 29.8. The van der Waals surface area contributed by atoms with E-state index in [4.69, 9.17) is 28.8 Å². The number of pyridine rings is 1. The number of Topliss-reactive ketones (excluding diaryl/α,β-unsaturated/α-hetero) is 1. The van der Waals surface area contributed by atoms with E-state index in [-0.39, 0.29) is 51.2 Å². The van der Waals surface area contributed by atoms with Crippen LogP contribution >= 0.6 is 11.8 Å². The first-order valence-electron chi connectivity index (χ1n) is 11.8. The fourth-order valence-corrected chi connectivity index (χ4v) is 4.69. The molecule has 13 nitrogen and oxygen atoms in total. The highest BCUT2D eigenvalue weighted by Crippen LogP contribution is 2.34. The van der Waals surface area contributed by atoms with E-state index in [2.05, 4.69) is 9.98 Å². The van der Waals surface area contributed by atoms with Crippen molar-refractivity contribution in [1.82, 2.24) is 4.98 Å². The molecule has 0 bridgehead atoms. The van der Waals surface area contributed by atoms with Crippen molar-refractivity contribution in [3.63, 3.8) is 0 Å². The van der Waals surface area contributed by atoms with Crippen molar-refractivity contribution < 1.29 is 54.0 Å². The molecule has 37 heavy (non-hydrogen) atoms. The highest BCUT2D eigenvalue weighted by molar-refractivity contribution is 8.14. The Labute approximate surface area is 218 Å². The summed E-state index contributed by atoms with van der Waals surface area (Å²) >= 11 is 1.37. The number of rotatable bonds is 14. The number of aliphatic hydroxyl groups is 4. The number of hydrogen-bond donors (Lipinski definition) is 5. The third-order valence-corrected chi connectivity index (χ3v) is 7.13. The Balaban J connectivity index is 1.26. The third kappa shape index (κ3) is 7.81. The molecule has 1 saturated heterocycles. The highest BCUT2D eigenvalue weighted by Gasteiger charge is 2.44. The summed E-state index contributed by atoms with van der Waals surface area (Å²) in [7, 11) is 0. The summed E-state index contributed by atoms with van der Waals surface area (Å²) in [5.41, 5.74) is -0.493. The zero-order valence-corrected chi connectivity index (χ0v) is 21.5. The molecule has 5 N–H and O–H groups in total. The van der Waals surface area contributed by atoms with E-state index in [1.165, 1.54) is 30.9 Å². The van der Waals surface area contributed by atoms with Gasteiger partial charge in [0.2, 0.25) is 0 Å². The summed E-state index contributed by atoms with van der Waals surface area (Å²) in [5, 5.41) is 49.4. The number of aromatic nitrogens is 1. The van der Waals surface area contributed by atoms with Gasteiger partial charge in [0.15, 0.2) is 12.1 Å². The monoisotopic (exact) mass is 546 g/mol. The van der Waals surface area contributed by atoms with Gasteiger partial charge in [0.1, 0.15) is 58.8 Å². The molecule has 0 aromatic carbocycles. The Kier molecular flexibility index (Phi) is 11.0. The number of aliphatic hydroxyl groups excluding tert-OH is 4. The molecule has 6 atom stereocenters. The van der Waals surface area contributed by atoms with Crippen LogP contribution in [0.4, 0.5) is 0 Å². The van der Waals surface area contributed by atoms with E-state index in [1.54, 1.807) is 6.92 Å². The van der Waals surface area contributed by atoms with Crippen LogP contribution in [-0.4, -0.2) is 130 Å². The van der Waals surface area contributed by atoms with Gasteiger partial charge in [0.05, 0.1) is 45.8 Å². The van der Waals surface area contributed by atoms with Crippen molar-refractivity contribution in [2.75, 3.05) is 52.0 Å². The molecule has 0 amide bonds. The van der Waals surface area contributed by atoms with Crippen molar-refractivity contribution in [3.05, 3.63) is 18.0 Å². The molecule has 3 rings (SSSR count). The van der Waals surface area contributed by atoms with Crippen molar-refractivity contribution in [2.45, 2.75) is 50.1 Å². The molecule has 2 aliphatic heterocycles. The zero-order valence-electron chi connectivity index (χ0n) is 20.7. The SMILES string of the molecule is CC(=O)[C@@]1(C)CSC(c2ncc(OCCOCCOCCO[C@H]3OC(CO)[C@@H](O)[C@@H](O)C3O)cc2O)=N1. The van der Waals surface area contributed by atoms with Crippen LogP contribution in [-0.2, 0) is 23.7 Å². The van der Waals surface area contributed by atoms with Gasteiger partial charge in [-0.1, -0.05) is 0 Å². The average Bonchev–Trinajstić information content (AvgIpc) is 3.28. The van der Waals surface area contributed by atoms with Crippen LogP contribution < -0.4 is 4.74 Å². The first-order chi connectivity index (χ1) is 17.7. The number of aromatic hydroxyl groups is 1. The first-order valence-corrected chi connectivity index (χ1v) is 12.8. The summed E-state index contributed by atoms with van der Waals surface area (Å²) < 4.78 is 26.9. The molecule has 2 aliphatic rings. The van der Waals surface area contributed by atoms with Crippen LogP contribution in [0.2, 0.25) is 0 Å². The minimum atomic E-state index is -1.49. The number of carbonyl (C=O) groups is 1. The summed E-state index contributed by atoms with van der Waals surface area (Å²) in [5.74, 6) is 0.742. The average molecular weight is 547 g/mol. The molecule has 0 aliphatic carbocycles. The van der Waals surface area contributed by atoms with Crippen LogP contribution in [0.15, 0.2) is 17.3 Å². The van der Waals surface area contributed by atoms with Crippen LogP contribution in [0.5, 0.6) is 11.5 Å². The van der Waals surface area contributed by atoms with Crippen LogP contribution in [0.1, 0.15) is 19.5 Å². The maximum atomic E-state index is 11.8. The molecule has 1 aromatic heterocycles. The van der Waals surface area contributed by atoms with E-state index in [0.717, 1.165) is 0 Å². The lowest BCUT2D eigenvalue weighted by Gasteiger charge is -2.39. The summed E-state index contributed by atoms with van der Waals surface area (Å²) in [6, 6.07) is 1.44. The smallest absolute Gasteiger partial charge is 0.186 e. The van der Waals surface area contributed by atoms with E-state index in [9.17, 15) is 25.2 Å². The summed E-state index contributed by atoms with van der Waals surface area (Å²) in [6.45, 7) is 4.00. The summed E-state index contributed by atoms with van der Waals surface area (Å²) in [4.78, 5) is 20.4. The minimum Gasteiger partial charge on any atom is -0.505 e. The molecular formula is C23H34N2O11S. The molecule has 2 unspecified atom stereocenters. The lowest BCUT2D eigenvalue weighted by atomic mass is 9.99. The number of aliphatic imine (C=N–C) groups is 1. The molecule has 0 spiro atoms. The molecule has 14 heteroatoms. The standard InChI is InChI=1S/C23H34N2O11S/c1-13(27)23(2)12-37-21(25-23)17-15(28)9-14(10-24-17)34-7-5-32-3-4-33-6-8-35-22-20(31)19(30)18(29)16(11-26)36-22/h9-10,16,18-20,22,26,28-31H,3-8,11-12H2,1-2H3/t16?,18-,19-,20?,22+,23-/m1/s1. The van der Waals surface area contributed by atoms with Gasteiger partial charge in [-0.2, -0.15) is 0 Å². The fourth-order valence-electron chi connectivity index (χ4n) is 3.45. The molecule has 208 valence electrons. The lowest BCUT2D eigenvalue weighted by Crippen LogP contribution is -2.59. The van der Waals surface area contributed by atoms with Crippen LogP contribution in [0.25, 0.3) is 0 Å². The molecule has 1 fully saturated rings. The van der Waals surface area contributed by atoms with Gasteiger partial charge in [0, 0.05) is 11.8 Å². The maximum Gasteiger partial charge on any atom is 0.186 e. The lowest BCUT2D eigenvalue weighted by molar-refractivity contribution is -0.302. The number of carbonyl (C=O) groups excluding carboxylic acids is 1. The van der Waals surface area contributed by atoms with Crippen LogP contribution in [0, 0.1) is 0 Å². The van der Waals surface area contributed by atoms with Gasteiger partial charge in [-0.3, -0.25) is 9.79 Å². The fraction of sp³-hybridized carbons (Fsp3) is 0.696. The highest BCUT2D eigenvalue weighted by atomic mass is 32.2. The van der Waals surface area contributed by atoms with E-state index in [0.29, 0.717) is 22.2 Å². The zero-order chi connectivity index (χ0) is 27.0. The van der Waals surface area contributed by atoms with Crippen LogP contribution in [0.3, 0.4) is 0 Å². The first kappa shape index (κ1) is 29.7. The minimum absolute atomic E-state index is 0.0405. The van der Waals surface area contributed by atoms with Gasteiger partial charge in [-0.05, 0) is 13.8 Å². The predicted molar refractivity (Wildman–Crippen MR) is 131 cm³/mol. The van der Waals surface area contributed by atoms with Gasteiger partial charge in [-0.25, -0.2) is 4.98 Å². The number of nitrogens with zero attached hydrogens (tertiary/aromatic N) is 2. The number of ketones is 1. The topological polar surface area (TPSA) is 190 Å². The van der Waals surface area contributed by atoms with Crippen molar-refractivity contribution in [1.29, 1.82) is 0 Å². The van der Waals surface area contributed by atoms with Gasteiger partial charge in [0.25, 0.3) is 0 Å². The number of thioether (sulfide) groups is 1. The molecule has 1 aromatic rings. The van der Waals surface area contributed by atoms with E-state index >= 15 is 0 Å². The van der Waals surface area contributed by atoms with Gasteiger partial charge in [-0.15, -0.1) is 11.8 Å². The largest absolute Gasteiger partial charge is 0.505 e. The predicted octanol–water partition coefficient (Wildman–Crippen LogP) is -1.14. The Bertz CT molecular complexity index is 934. The second-order valence-electron chi connectivity index (χ2n) is 8.72. The Hall–Kier alpha value is -1.88. The molecule has 3 heterocycles. The molecule has 0 radical (unpaired) electrons. The second kappa shape index (κ2) is 13.8. The van der Waals surface area contributed by atoms with Crippen molar-refractivity contribution in [3.8, 4) is 11.5 Å². The van der Waals surface area contributed by atoms with E-state index in [1.807, 2.05) is 0 Å². The van der Waals surface area contributed by atoms with Gasteiger partial charge >= 0.3 is 0 Å². The Morgan fingerprint density at radius 1 is 1.11 bits per heavy atom. The van der Waals surface area contributed by atoms with Gasteiger partial charge < -0.3 is 49.2 Å². The third-order valence-electron chi connectivity index (χ3n) is 5.87.